The van der Waals surface area contributed by atoms with Crippen LogP contribution in [0.1, 0.15) is 24.2 Å². The van der Waals surface area contributed by atoms with Crippen LogP contribution in [0.4, 0.5) is 0 Å². The van der Waals surface area contributed by atoms with Crippen LogP contribution in [-0.4, -0.2) is 41.4 Å². The van der Waals surface area contributed by atoms with Crippen LogP contribution in [-0.2, 0) is 17.8 Å². The number of fused-ring (bicyclic) bond motifs is 1. The summed E-state index contributed by atoms with van der Waals surface area (Å²) in [5, 5.41) is 4.74. The molecule has 1 aliphatic heterocycles. The number of hydrogen-bond donors (Lipinski definition) is 2. The molecular weight excluding hydrogens is 402 g/mol. The van der Waals surface area contributed by atoms with Gasteiger partial charge in [0.05, 0.1) is 38.1 Å². The highest BCUT2D eigenvalue weighted by Gasteiger charge is 2.22. The van der Waals surface area contributed by atoms with E-state index in [1.165, 1.54) is 0 Å². The normalized spacial score (nSPS) is 16.0. The second kappa shape index (κ2) is 9.32. The molecular formula is C22H25N3O4S. The van der Waals surface area contributed by atoms with E-state index >= 15 is 0 Å². The van der Waals surface area contributed by atoms with E-state index in [9.17, 15) is 4.79 Å². The lowest BCUT2D eigenvalue weighted by atomic mass is 10.1. The Morgan fingerprint density at radius 1 is 1.37 bits per heavy atom. The number of nitrogens with one attached hydrogen (secondary N) is 2. The van der Waals surface area contributed by atoms with Crippen molar-refractivity contribution in [3.05, 3.63) is 64.3 Å². The van der Waals surface area contributed by atoms with Crippen LogP contribution in [0.2, 0.25) is 0 Å². The average Bonchev–Trinajstić information content (AvgIpc) is 3.45. The van der Waals surface area contributed by atoms with Gasteiger partial charge in [-0.05, 0) is 60.8 Å². The number of aromatic nitrogens is 1. The highest BCUT2D eigenvalue weighted by molar-refractivity contribution is 7.80. The topological polar surface area (TPSA) is 79.7 Å². The lowest BCUT2D eigenvalue weighted by Crippen LogP contribution is -2.43. The van der Waals surface area contributed by atoms with Crippen molar-refractivity contribution in [2.24, 2.45) is 0 Å². The predicted octanol–water partition coefficient (Wildman–Crippen LogP) is 3.19. The minimum Gasteiger partial charge on any atom is -0.497 e. The van der Waals surface area contributed by atoms with Gasteiger partial charge in [-0.25, -0.2) is 0 Å². The summed E-state index contributed by atoms with van der Waals surface area (Å²) in [4.78, 5) is 17.7. The molecule has 1 fully saturated rings. The van der Waals surface area contributed by atoms with Crippen molar-refractivity contribution in [1.29, 1.82) is 0 Å². The fourth-order valence-electron chi connectivity index (χ4n) is 3.62. The highest BCUT2D eigenvalue weighted by atomic mass is 32.1. The van der Waals surface area contributed by atoms with Crippen molar-refractivity contribution in [2.75, 3.05) is 20.3 Å². The van der Waals surface area contributed by atoms with E-state index in [0.717, 1.165) is 36.1 Å². The van der Waals surface area contributed by atoms with E-state index in [4.69, 9.17) is 26.1 Å². The van der Waals surface area contributed by atoms with Crippen LogP contribution in [0.25, 0.3) is 10.9 Å². The number of hydrogen-bond acceptors (Lipinski definition) is 5. The Bertz CT molecular complexity index is 1060. The van der Waals surface area contributed by atoms with Crippen molar-refractivity contribution in [3.8, 4) is 5.75 Å². The fraction of sp³-hybridized carbons (Fsp3) is 0.364. The Kier molecular flexibility index (Phi) is 6.35. The summed E-state index contributed by atoms with van der Waals surface area (Å²) < 4.78 is 16.4. The quantitative estimate of drug-likeness (QED) is 0.561. The molecule has 4 rings (SSSR count). The van der Waals surface area contributed by atoms with Crippen LogP contribution in [0.15, 0.2) is 51.9 Å². The van der Waals surface area contributed by atoms with Gasteiger partial charge < -0.3 is 29.1 Å². The van der Waals surface area contributed by atoms with Gasteiger partial charge >= 0.3 is 0 Å². The molecule has 1 saturated heterocycles. The Labute approximate surface area is 180 Å². The molecule has 1 aliphatic rings. The fourth-order valence-corrected chi connectivity index (χ4v) is 3.83. The van der Waals surface area contributed by atoms with Gasteiger partial charge in [-0.15, -0.1) is 0 Å². The average molecular weight is 428 g/mol. The minimum atomic E-state index is -0.137. The maximum absolute atomic E-state index is 12.7. The van der Waals surface area contributed by atoms with Crippen LogP contribution in [0, 0.1) is 0 Å². The minimum absolute atomic E-state index is 0.108. The van der Waals surface area contributed by atoms with Gasteiger partial charge in [0.2, 0.25) is 0 Å². The Morgan fingerprint density at radius 3 is 3.00 bits per heavy atom. The summed E-state index contributed by atoms with van der Waals surface area (Å²) in [7, 11) is 1.60. The number of nitrogens with zero attached hydrogens (tertiary/aromatic N) is 1. The van der Waals surface area contributed by atoms with Gasteiger partial charge in [-0.3, -0.25) is 4.79 Å². The lowest BCUT2D eigenvalue weighted by molar-refractivity contribution is 0.0896. The van der Waals surface area contributed by atoms with Gasteiger partial charge in [0.1, 0.15) is 11.5 Å². The molecule has 2 aromatic heterocycles. The zero-order chi connectivity index (χ0) is 20.9. The molecule has 3 aromatic rings. The number of rotatable bonds is 7. The number of pyridine rings is 1. The lowest BCUT2D eigenvalue weighted by Gasteiger charge is -2.28. The molecule has 0 saturated carbocycles. The molecule has 1 atom stereocenters. The number of ether oxygens (including phenoxy) is 2. The van der Waals surface area contributed by atoms with Gasteiger partial charge in [0.25, 0.3) is 5.56 Å². The first-order valence-corrected chi connectivity index (χ1v) is 10.4. The zero-order valence-corrected chi connectivity index (χ0v) is 17.7. The first-order valence-electron chi connectivity index (χ1n) is 9.99. The van der Waals surface area contributed by atoms with Crippen molar-refractivity contribution >= 4 is 28.2 Å². The summed E-state index contributed by atoms with van der Waals surface area (Å²) in [6.07, 6.45) is 3.78. The van der Waals surface area contributed by atoms with Gasteiger partial charge in [0, 0.05) is 24.8 Å². The molecule has 30 heavy (non-hydrogen) atoms. The van der Waals surface area contributed by atoms with Gasteiger partial charge in [-0.2, -0.15) is 0 Å². The van der Waals surface area contributed by atoms with E-state index in [2.05, 4.69) is 10.3 Å². The van der Waals surface area contributed by atoms with Crippen molar-refractivity contribution in [3.63, 3.8) is 0 Å². The molecule has 7 nitrogen and oxygen atoms in total. The highest BCUT2D eigenvalue weighted by Crippen LogP contribution is 2.20. The molecule has 2 N–H and O–H groups in total. The molecule has 0 spiro atoms. The van der Waals surface area contributed by atoms with E-state index in [-0.39, 0.29) is 11.7 Å². The molecule has 3 heterocycles. The molecule has 8 heteroatoms. The number of furan rings is 1. The van der Waals surface area contributed by atoms with Crippen LogP contribution < -0.4 is 15.6 Å². The Balaban J connectivity index is 1.54. The molecule has 158 valence electrons. The molecule has 0 bridgehead atoms. The van der Waals surface area contributed by atoms with Gasteiger partial charge in [0.15, 0.2) is 5.11 Å². The molecule has 0 radical (unpaired) electrons. The molecule has 1 aromatic carbocycles. The van der Waals surface area contributed by atoms with Crippen LogP contribution in [0.3, 0.4) is 0 Å². The van der Waals surface area contributed by atoms with Crippen molar-refractivity contribution in [2.45, 2.75) is 32.0 Å². The largest absolute Gasteiger partial charge is 0.497 e. The summed E-state index contributed by atoms with van der Waals surface area (Å²) in [5.74, 6) is 1.50. The van der Waals surface area contributed by atoms with E-state index < -0.39 is 0 Å². The first-order chi connectivity index (χ1) is 14.6. The van der Waals surface area contributed by atoms with Crippen LogP contribution >= 0.6 is 12.2 Å². The number of methoxy groups -OCH3 is 1. The smallest absolute Gasteiger partial charge is 0.253 e. The number of H-pyrrole nitrogens is 1. The molecule has 0 aliphatic carbocycles. The summed E-state index contributed by atoms with van der Waals surface area (Å²) in [6.45, 7) is 2.27. The molecule has 0 unspecified atom stereocenters. The second-order valence-electron chi connectivity index (χ2n) is 7.33. The third kappa shape index (κ3) is 4.83. The summed E-state index contributed by atoms with van der Waals surface area (Å²) >= 11 is 5.64. The van der Waals surface area contributed by atoms with E-state index in [1.807, 2.05) is 41.3 Å². The van der Waals surface area contributed by atoms with Gasteiger partial charge in [-0.1, -0.05) is 0 Å². The maximum atomic E-state index is 12.7. The zero-order valence-electron chi connectivity index (χ0n) is 16.8. The third-order valence-corrected chi connectivity index (χ3v) is 5.62. The maximum Gasteiger partial charge on any atom is 0.253 e. The Hall–Kier alpha value is -2.84. The standard InChI is InChI=1S/C22H25N3O4S/c1-27-17-7-6-15-10-16(21(26)24-20(15)11-17)13-25(14-19-5-3-9-29-19)22(30)23-12-18-4-2-8-28-18/h2,4,6-8,10-11,19H,3,5,9,12-14H2,1H3,(H,23,30)(H,24,26)/t19-/m1/s1. The number of aromatic amines is 1. The third-order valence-electron chi connectivity index (χ3n) is 5.22. The van der Waals surface area contributed by atoms with E-state index in [0.29, 0.717) is 36.1 Å². The van der Waals surface area contributed by atoms with Crippen molar-refractivity contribution < 1.29 is 13.9 Å². The SMILES string of the molecule is COc1ccc2cc(CN(C[C@H]3CCCO3)C(=S)NCc3ccco3)c(=O)[nH]c2c1. The number of thiocarbonyl (C=S) groups is 1. The Morgan fingerprint density at radius 2 is 2.27 bits per heavy atom. The first kappa shape index (κ1) is 20.4. The predicted molar refractivity (Wildman–Crippen MR) is 119 cm³/mol. The van der Waals surface area contributed by atoms with Crippen LogP contribution in [0.5, 0.6) is 5.75 Å². The monoisotopic (exact) mass is 427 g/mol. The second-order valence-corrected chi connectivity index (χ2v) is 7.72. The van der Waals surface area contributed by atoms with E-state index in [1.54, 1.807) is 13.4 Å². The number of benzene rings is 1. The summed E-state index contributed by atoms with van der Waals surface area (Å²) in [6, 6.07) is 11.3. The molecule has 0 amide bonds. The summed E-state index contributed by atoms with van der Waals surface area (Å²) in [5.41, 5.74) is 1.25. The van der Waals surface area contributed by atoms with Crippen molar-refractivity contribution in [1.82, 2.24) is 15.2 Å².